The number of aliphatic hydroxyl groups excluding tert-OH is 1. The lowest BCUT2D eigenvalue weighted by Crippen LogP contribution is -2.63. The molecule has 1 saturated heterocycles. The minimum Gasteiger partial charge on any atom is -0.458 e. The van der Waals surface area contributed by atoms with Crippen molar-refractivity contribution < 1.29 is 38.4 Å². The molecule has 1 aliphatic heterocycles. The third-order valence-electron chi connectivity index (χ3n) is 9.04. The Kier molecular flexibility index (Phi) is 9.04. The molecule has 41 heavy (non-hydrogen) atoms. The Hall–Kier alpha value is -3.49. The molecule has 0 radical (unpaired) electrons. The highest BCUT2D eigenvalue weighted by atomic mass is 16.8. The highest BCUT2D eigenvalue weighted by Crippen LogP contribution is 2.67. The first-order chi connectivity index (χ1) is 19.4. The summed E-state index contributed by atoms with van der Waals surface area (Å²) in [6.07, 6.45) is 5.84. The second-order valence-corrected chi connectivity index (χ2v) is 11.6. The fraction of sp³-hybridized carbons (Fsp3) is 0.485. The zero-order valence-electron chi connectivity index (χ0n) is 24.4. The molecule has 1 saturated carbocycles. The van der Waals surface area contributed by atoms with Crippen LogP contribution >= 0.6 is 0 Å². The van der Waals surface area contributed by atoms with Crippen molar-refractivity contribution in [3.05, 3.63) is 77.9 Å². The van der Waals surface area contributed by atoms with Gasteiger partial charge in [0.25, 0.3) is 0 Å². The Balaban J connectivity index is 1.85. The SMILES string of the molecule is C=CC(C)=CC[C@]1(C)[C@H]2C[C@H](O)C=C3[C@@H](OC(C)=O)O[C@@H](OC(C)=O)[C@@]32[C@H](OC(=O)C=Cc2ccccc2)C[C@@H]1C. The van der Waals surface area contributed by atoms with Gasteiger partial charge in [-0.1, -0.05) is 68.5 Å². The molecule has 0 amide bonds. The normalized spacial score (nSPS) is 34.7. The average Bonchev–Trinajstić information content (AvgIpc) is 3.20. The zero-order chi connectivity index (χ0) is 29.9. The summed E-state index contributed by atoms with van der Waals surface area (Å²) in [5.74, 6) is -2.09. The van der Waals surface area contributed by atoms with Crippen LogP contribution in [0.25, 0.3) is 6.08 Å². The van der Waals surface area contributed by atoms with E-state index in [1.807, 2.05) is 37.3 Å². The van der Waals surface area contributed by atoms with Crippen molar-refractivity contribution in [1.82, 2.24) is 0 Å². The lowest BCUT2D eigenvalue weighted by Gasteiger charge is -2.60. The fourth-order valence-electron chi connectivity index (χ4n) is 6.82. The van der Waals surface area contributed by atoms with Crippen LogP contribution in [-0.4, -0.2) is 47.8 Å². The van der Waals surface area contributed by atoms with Crippen LogP contribution in [0.3, 0.4) is 0 Å². The van der Waals surface area contributed by atoms with Crippen LogP contribution in [0.2, 0.25) is 0 Å². The van der Waals surface area contributed by atoms with E-state index in [4.69, 9.17) is 18.9 Å². The fourth-order valence-corrected chi connectivity index (χ4v) is 6.82. The van der Waals surface area contributed by atoms with Gasteiger partial charge in [-0.25, -0.2) is 4.79 Å². The number of allylic oxidation sites excluding steroid dienone is 3. The minimum absolute atomic E-state index is 0.0280. The Morgan fingerprint density at radius 2 is 1.76 bits per heavy atom. The molecule has 8 nitrogen and oxygen atoms in total. The Bertz CT molecular complexity index is 1260. The molecule has 1 aromatic carbocycles. The van der Waals surface area contributed by atoms with Gasteiger partial charge in [-0.2, -0.15) is 0 Å². The molecule has 3 aliphatic rings. The summed E-state index contributed by atoms with van der Waals surface area (Å²) in [6.45, 7) is 12.6. The van der Waals surface area contributed by atoms with Gasteiger partial charge in [-0.15, -0.1) is 0 Å². The van der Waals surface area contributed by atoms with E-state index in [9.17, 15) is 19.5 Å². The number of esters is 3. The molecule has 0 unspecified atom stereocenters. The number of hydrogen-bond donors (Lipinski definition) is 1. The number of hydrogen-bond acceptors (Lipinski definition) is 8. The van der Waals surface area contributed by atoms with Crippen molar-refractivity contribution in [2.45, 2.75) is 78.7 Å². The first-order valence-electron chi connectivity index (χ1n) is 14.0. The van der Waals surface area contributed by atoms with Crippen LogP contribution in [-0.2, 0) is 33.3 Å². The smallest absolute Gasteiger partial charge is 0.331 e. The maximum absolute atomic E-state index is 13.3. The number of rotatable bonds is 8. The van der Waals surface area contributed by atoms with Crippen molar-refractivity contribution in [2.24, 2.45) is 22.7 Å². The number of aliphatic hydroxyl groups is 1. The molecule has 2 aliphatic carbocycles. The van der Waals surface area contributed by atoms with Gasteiger partial charge in [-0.05, 0) is 61.2 Å². The largest absolute Gasteiger partial charge is 0.458 e. The molecular formula is C33H40O8. The second kappa shape index (κ2) is 12.2. The van der Waals surface area contributed by atoms with Gasteiger partial charge in [0.05, 0.1) is 6.10 Å². The van der Waals surface area contributed by atoms with E-state index in [1.54, 1.807) is 18.2 Å². The van der Waals surface area contributed by atoms with Crippen LogP contribution in [0.1, 0.15) is 59.4 Å². The number of carbonyl (C=O) groups is 3. The highest BCUT2D eigenvalue weighted by Gasteiger charge is 2.72. The Labute approximate surface area is 241 Å². The molecule has 1 aromatic rings. The molecule has 8 atom stereocenters. The summed E-state index contributed by atoms with van der Waals surface area (Å²) in [4.78, 5) is 37.8. The topological polar surface area (TPSA) is 108 Å². The van der Waals surface area contributed by atoms with E-state index < -0.39 is 53.5 Å². The first-order valence-corrected chi connectivity index (χ1v) is 14.0. The van der Waals surface area contributed by atoms with E-state index in [-0.39, 0.29) is 11.8 Å². The van der Waals surface area contributed by atoms with E-state index in [1.165, 1.54) is 19.9 Å². The minimum atomic E-state index is -1.21. The lowest BCUT2D eigenvalue weighted by molar-refractivity contribution is -0.256. The van der Waals surface area contributed by atoms with E-state index in [0.29, 0.717) is 24.8 Å². The number of carbonyl (C=O) groups excluding carboxylic acids is 3. The zero-order valence-corrected chi connectivity index (χ0v) is 24.4. The van der Waals surface area contributed by atoms with Gasteiger partial charge in [0.1, 0.15) is 11.5 Å². The molecule has 0 aromatic heterocycles. The van der Waals surface area contributed by atoms with Gasteiger partial charge >= 0.3 is 17.9 Å². The van der Waals surface area contributed by atoms with E-state index >= 15 is 0 Å². The monoisotopic (exact) mass is 564 g/mol. The predicted octanol–water partition coefficient (Wildman–Crippen LogP) is 5.28. The van der Waals surface area contributed by atoms with Crippen LogP contribution in [0.15, 0.2) is 72.4 Å². The van der Waals surface area contributed by atoms with E-state index in [2.05, 4.69) is 26.5 Å². The molecule has 2 fully saturated rings. The summed E-state index contributed by atoms with van der Waals surface area (Å²) in [5.41, 5.74) is 0.665. The summed E-state index contributed by atoms with van der Waals surface area (Å²) < 4.78 is 23.7. The summed E-state index contributed by atoms with van der Waals surface area (Å²) in [7, 11) is 0. The highest BCUT2D eigenvalue weighted by molar-refractivity contribution is 5.87. The third-order valence-corrected chi connectivity index (χ3v) is 9.04. The van der Waals surface area contributed by atoms with Crippen molar-refractivity contribution >= 4 is 24.0 Å². The summed E-state index contributed by atoms with van der Waals surface area (Å²) in [6, 6.07) is 9.39. The van der Waals surface area contributed by atoms with Crippen LogP contribution in [0.4, 0.5) is 0 Å². The number of benzene rings is 1. The average molecular weight is 565 g/mol. The molecule has 8 heteroatoms. The molecule has 1 heterocycles. The van der Waals surface area contributed by atoms with E-state index in [0.717, 1.165) is 11.1 Å². The quantitative estimate of drug-likeness (QED) is 0.149. The van der Waals surface area contributed by atoms with Crippen molar-refractivity contribution in [3.8, 4) is 0 Å². The maximum atomic E-state index is 13.3. The van der Waals surface area contributed by atoms with Crippen LogP contribution in [0.5, 0.6) is 0 Å². The predicted molar refractivity (Wildman–Crippen MR) is 153 cm³/mol. The van der Waals surface area contributed by atoms with Gasteiger partial charge < -0.3 is 19.3 Å². The van der Waals surface area contributed by atoms with Gasteiger partial charge in [-0.3, -0.25) is 14.3 Å². The van der Waals surface area contributed by atoms with Crippen LogP contribution in [0, 0.1) is 22.7 Å². The molecule has 1 spiro atoms. The first kappa shape index (κ1) is 30.5. The third kappa shape index (κ3) is 5.95. The lowest BCUT2D eigenvalue weighted by atomic mass is 9.45. The molecule has 0 bridgehead atoms. The Morgan fingerprint density at radius 3 is 2.39 bits per heavy atom. The molecule has 4 rings (SSSR count). The molecular weight excluding hydrogens is 524 g/mol. The number of ether oxygens (including phenoxy) is 4. The van der Waals surface area contributed by atoms with Crippen molar-refractivity contribution in [1.29, 1.82) is 0 Å². The van der Waals surface area contributed by atoms with Gasteiger partial charge in [0, 0.05) is 25.5 Å². The summed E-state index contributed by atoms with van der Waals surface area (Å²) in [5, 5.41) is 11.1. The van der Waals surface area contributed by atoms with Crippen LogP contribution < -0.4 is 0 Å². The Morgan fingerprint density at radius 1 is 1.07 bits per heavy atom. The van der Waals surface area contributed by atoms with Gasteiger partial charge in [0.2, 0.25) is 12.6 Å². The van der Waals surface area contributed by atoms with Gasteiger partial charge in [0.15, 0.2) is 0 Å². The summed E-state index contributed by atoms with van der Waals surface area (Å²) >= 11 is 0. The second-order valence-electron chi connectivity index (χ2n) is 11.6. The van der Waals surface area contributed by atoms with Crippen molar-refractivity contribution in [3.63, 3.8) is 0 Å². The molecule has 1 N–H and O–H groups in total. The van der Waals surface area contributed by atoms with Crippen molar-refractivity contribution in [2.75, 3.05) is 0 Å². The standard InChI is InChI=1S/C33H40O8/c1-7-20(2)15-16-32(6)21(3)17-28(40-29(37)14-13-24-11-9-8-10-12-24)33-26(18-25(36)19-27(32)33)30(38-22(4)34)41-31(33)39-23(5)35/h7-15,18,21,25,27-28,30-31,36H,1,16-17,19H2,2-6H3/t21-,25+,27+,28+,30-,31+,32-,33-/m0/s1. The maximum Gasteiger partial charge on any atom is 0.331 e. The molecule has 220 valence electrons.